The number of nitriles is 1. The first kappa shape index (κ1) is 14.2. The molecule has 1 heterocycles. The monoisotopic (exact) mass is 330 g/mol. The number of rotatable bonds is 4. The Morgan fingerprint density at radius 3 is 2.65 bits per heavy atom. The zero-order valence-corrected chi connectivity index (χ0v) is 12.3. The number of halogens is 1. The molecule has 0 saturated heterocycles. The number of aromatic nitrogens is 1. The van der Waals surface area contributed by atoms with Gasteiger partial charge in [0, 0.05) is 22.4 Å². The van der Waals surface area contributed by atoms with Crippen LogP contribution in [0.2, 0.25) is 0 Å². The third-order valence-corrected chi connectivity index (χ3v) is 3.56. The summed E-state index contributed by atoms with van der Waals surface area (Å²) in [6.07, 6.45) is 3.13. The highest BCUT2D eigenvalue weighted by molar-refractivity contribution is 9.10. The average molecular weight is 331 g/mol. The van der Waals surface area contributed by atoms with Crippen molar-refractivity contribution in [2.45, 2.75) is 5.92 Å². The first-order valence-electron chi connectivity index (χ1n) is 5.84. The van der Waals surface area contributed by atoms with Crippen LogP contribution in [0.4, 0.5) is 0 Å². The number of carbonyl (C=O) groups is 1. The van der Waals surface area contributed by atoms with E-state index in [0.29, 0.717) is 21.3 Å². The highest BCUT2D eigenvalue weighted by Crippen LogP contribution is 2.28. The van der Waals surface area contributed by atoms with Gasteiger partial charge in [-0.3, -0.25) is 9.78 Å². The average Bonchev–Trinajstić information content (AvgIpc) is 2.49. The maximum Gasteiger partial charge on any atom is 0.185 e. The van der Waals surface area contributed by atoms with E-state index >= 15 is 0 Å². The van der Waals surface area contributed by atoms with E-state index in [1.807, 2.05) is 6.07 Å². The minimum atomic E-state index is -0.860. The number of methoxy groups -OCH3 is 1. The number of hydrogen-bond acceptors (Lipinski definition) is 4. The lowest BCUT2D eigenvalue weighted by atomic mass is 9.92. The van der Waals surface area contributed by atoms with Gasteiger partial charge in [-0.05, 0) is 35.9 Å². The number of nitrogens with zero attached hydrogens (tertiary/aromatic N) is 2. The van der Waals surface area contributed by atoms with Gasteiger partial charge in [0.1, 0.15) is 11.7 Å². The SMILES string of the molecule is COc1ccc(Br)c(C(=O)C(C#N)c2ccncc2)c1. The van der Waals surface area contributed by atoms with Crippen LogP contribution < -0.4 is 4.74 Å². The van der Waals surface area contributed by atoms with Gasteiger partial charge < -0.3 is 4.74 Å². The topological polar surface area (TPSA) is 63.0 Å². The van der Waals surface area contributed by atoms with Crippen LogP contribution in [0.3, 0.4) is 0 Å². The predicted molar refractivity (Wildman–Crippen MR) is 77.6 cm³/mol. The van der Waals surface area contributed by atoms with E-state index in [1.165, 1.54) is 7.11 Å². The second kappa shape index (κ2) is 6.31. The maximum absolute atomic E-state index is 12.5. The molecule has 0 amide bonds. The number of Topliss-reactive ketones (excluding diaryl/α,β-unsaturated/α-hetero) is 1. The molecule has 0 radical (unpaired) electrons. The molecule has 1 aromatic heterocycles. The molecule has 2 rings (SSSR count). The Kier molecular flexibility index (Phi) is 4.49. The normalized spacial score (nSPS) is 11.4. The van der Waals surface area contributed by atoms with Crippen LogP contribution in [0.1, 0.15) is 21.8 Å². The zero-order chi connectivity index (χ0) is 14.5. The predicted octanol–water partition coefficient (Wildman–Crippen LogP) is 3.34. The van der Waals surface area contributed by atoms with Gasteiger partial charge in [-0.1, -0.05) is 15.9 Å². The molecule has 1 aromatic carbocycles. The van der Waals surface area contributed by atoms with Crippen molar-refractivity contribution >= 4 is 21.7 Å². The van der Waals surface area contributed by atoms with Crippen LogP contribution in [0, 0.1) is 11.3 Å². The van der Waals surface area contributed by atoms with Gasteiger partial charge in [0.05, 0.1) is 13.2 Å². The largest absolute Gasteiger partial charge is 0.497 e. The molecule has 4 nitrogen and oxygen atoms in total. The molecule has 20 heavy (non-hydrogen) atoms. The van der Waals surface area contributed by atoms with Crippen molar-refractivity contribution in [3.63, 3.8) is 0 Å². The van der Waals surface area contributed by atoms with Crippen molar-refractivity contribution in [3.8, 4) is 11.8 Å². The van der Waals surface area contributed by atoms with Crippen molar-refractivity contribution in [3.05, 3.63) is 58.3 Å². The quantitative estimate of drug-likeness (QED) is 0.806. The third kappa shape index (κ3) is 2.86. The second-order valence-electron chi connectivity index (χ2n) is 4.05. The lowest BCUT2D eigenvalue weighted by molar-refractivity contribution is 0.0978. The third-order valence-electron chi connectivity index (χ3n) is 2.87. The molecular weight excluding hydrogens is 320 g/mol. The molecule has 0 aliphatic heterocycles. The van der Waals surface area contributed by atoms with E-state index in [9.17, 15) is 10.1 Å². The van der Waals surface area contributed by atoms with Gasteiger partial charge in [-0.25, -0.2) is 0 Å². The first-order valence-corrected chi connectivity index (χ1v) is 6.64. The van der Waals surface area contributed by atoms with E-state index in [-0.39, 0.29) is 5.78 Å². The minimum Gasteiger partial charge on any atom is -0.497 e. The van der Waals surface area contributed by atoms with Crippen LogP contribution in [0.5, 0.6) is 5.75 Å². The molecule has 0 aliphatic rings. The van der Waals surface area contributed by atoms with E-state index in [1.54, 1.807) is 42.7 Å². The Balaban J connectivity index is 2.42. The highest BCUT2D eigenvalue weighted by atomic mass is 79.9. The lowest BCUT2D eigenvalue weighted by Crippen LogP contribution is -2.12. The van der Waals surface area contributed by atoms with Crippen molar-refractivity contribution in [1.29, 1.82) is 5.26 Å². The van der Waals surface area contributed by atoms with Crippen molar-refractivity contribution in [2.24, 2.45) is 0 Å². The minimum absolute atomic E-state index is 0.274. The molecule has 0 bridgehead atoms. The summed E-state index contributed by atoms with van der Waals surface area (Å²) < 4.78 is 5.75. The van der Waals surface area contributed by atoms with Gasteiger partial charge in [0.25, 0.3) is 0 Å². The van der Waals surface area contributed by atoms with Crippen LogP contribution in [0.25, 0.3) is 0 Å². The molecular formula is C15H11BrN2O2. The van der Waals surface area contributed by atoms with E-state index in [0.717, 1.165) is 0 Å². The standard InChI is InChI=1S/C15H11BrN2O2/c1-20-11-2-3-14(16)12(8-11)15(19)13(9-17)10-4-6-18-7-5-10/h2-8,13H,1H3. The molecule has 0 fully saturated rings. The lowest BCUT2D eigenvalue weighted by Gasteiger charge is -2.11. The van der Waals surface area contributed by atoms with E-state index in [2.05, 4.69) is 20.9 Å². The number of carbonyl (C=O) groups excluding carboxylic acids is 1. The van der Waals surface area contributed by atoms with Crippen LogP contribution in [-0.4, -0.2) is 17.9 Å². The number of ketones is 1. The number of pyridine rings is 1. The molecule has 5 heteroatoms. The Morgan fingerprint density at radius 2 is 2.05 bits per heavy atom. The first-order chi connectivity index (χ1) is 9.67. The summed E-state index contributed by atoms with van der Waals surface area (Å²) >= 11 is 3.33. The van der Waals surface area contributed by atoms with Gasteiger partial charge in [-0.15, -0.1) is 0 Å². The van der Waals surface area contributed by atoms with Gasteiger partial charge in [0.2, 0.25) is 0 Å². The second-order valence-corrected chi connectivity index (χ2v) is 4.91. The summed E-state index contributed by atoms with van der Waals surface area (Å²) in [6, 6.07) is 10.5. The summed E-state index contributed by atoms with van der Waals surface area (Å²) in [5.74, 6) is -0.561. The van der Waals surface area contributed by atoms with Crippen molar-refractivity contribution in [1.82, 2.24) is 4.98 Å². The maximum atomic E-state index is 12.5. The number of ether oxygens (including phenoxy) is 1. The molecule has 100 valence electrons. The molecule has 0 spiro atoms. The molecule has 0 aliphatic carbocycles. The Labute approximate surface area is 125 Å². The summed E-state index contributed by atoms with van der Waals surface area (Å²) in [5, 5.41) is 9.29. The summed E-state index contributed by atoms with van der Waals surface area (Å²) in [5.41, 5.74) is 1.05. The van der Waals surface area contributed by atoms with E-state index in [4.69, 9.17) is 4.74 Å². The van der Waals surface area contributed by atoms with Crippen molar-refractivity contribution < 1.29 is 9.53 Å². The van der Waals surface area contributed by atoms with Crippen molar-refractivity contribution in [2.75, 3.05) is 7.11 Å². The fraction of sp³-hybridized carbons (Fsp3) is 0.133. The summed E-state index contributed by atoms with van der Waals surface area (Å²) in [4.78, 5) is 16.4. The van der Waals surface area contributed by atoms with Crippen LogP contribution in [-0.2, 0) is 0 Å². The fourth-order valence-corrected chi connectivity index (χ4v) is 2.26. The number of benzene rings is 1. The van der Waals surface area contributed by atoms with Gasteiger partial charge >= 0.3 is 0 Å². The zero-order valence-electron chi connectivity index (χ0n) is 10.7. The Hall–Kier alpha value is -2.19. The summed E-state index contributed by atoms with van der Waals surface area (Å²) in [7, 11) is 1.53. The van der Waals surface area contributed by atoms with E-state index < -0.39 is 5.92 Å². The molecule has 0 N–H and O–H groups in total. The van der Waals surface area contributed by atoms with Gasteiger partial charge in [-0.2, -0.15) is 5.26 Å². The van der Waals surface area contributed by atoms with Gasteiger partial charge in [0.15, 0.2) is 5.78 Å². The molecule has 0 saturated carbocycles. The number of hydrogen-bond donors (Lipinski definition) is 0. The van der Waals surface area contributed by atoms with Crippen LogP contribution in [0.15, 0.2) is 47.2 Å². The highest BCUT2D eigenvalue weighted by Gasteiger charge is 2.23. The summed E-state index contributed by atoms with van der Waals surface area (Å²) in [6.45, 7) is 0. The fourth-order valence-electron chi connectivity index (χ4n) is 1.82. The van der Waals surface area contributed by atoms with Crippen LogP contribution >= 0.6 is 15.9 Å². The smallest absolute Gasteiger partial charge is 0.185 e. The molecule has 2 aromatic rings. The Morgan fingerprint density at radius 1 is 1.35 bits per heavy atom. The molecule has 1 unspecified atom stereocenters. The molecule has 1 atom stereocenters. The Bertz CT molecular complexity index is 665.